The van der Waals surface area contributed by atoms with Crippen LogP contribution in [0.3, 0.4) is 0 Å². The van der Waals surface area contributed by atoms with Crippen molar-refractivity contribution in [2.75, 3.05) is 28.5 Å². The van der Waals surface area contributed by atoms with Gasteiger partial charge in [-0.2, -0.15) is 0 Å². The van der Waals surface area contributed by atoms with Gasteiger partial charge < -0.3 is 15.4 Å². The molecule has 9 heteroatoms. The number of nitrogens with zero attached hydrogens (tertiary/aromatic N) is 1. The highest BCUT2D eigenvalue weighted by molar-refractivity contribution is 7.92. The third-order valence-corrected chi connectivity index (χ3v) is 7.45. The number of carbonyl (C=O) groups excluding carboxylic acids is 2. The van der Waals surface area contributed by atoms with Gasteiger partial charge in [-0.05, 0) is 43.2 Å². The van der Waals surface area contributed by atoms with Crippen molar-refractivity contribution in [1.82, 2.24) is 5.32 Å². The van der Waals surface area contributed by atoms with Crippen molar-refractivity contribution in [1.29, 1.82) is 0 Å². The van der Waals surface area contributed by atoms with Crippen LogP contribution >= 0.6 is 0 Å². The van der Waals surface area contributed by atoms with Gasteiger partial charge in [0.05, 0.1) is 29.2 Å². The summed E-state index contributed by atoms with van der Waals surface area (Å²) >= 11 is 0. The van der Waals surface area contributed by atoms with Gasteiger partial charge in [0, 0.05) is 6.54 Å². The zero-order valence-electron chi connectivity index (χ0n) is 19.3. The molecule has 0 radical (unpaired) electrons. The number of fused-ring (bicyclic) bond motifs is 1. The van der Waals surface area contributed by atoms with Crippen molar-refractivity contribution in [3.63, 3.8) is 0 Å². The number of benzene rings is 3. The molecule has 1 atom stereocenters. The first-order valence-electron chi connectivity index (χ1n) is 11.4. The highest BCUT2D eigenvalue weighted by Gasteiger charge is 2.36. The summed E-state index contributed by atoms with van der Waals surface area (Å²) in [7, 11) is -3.62. The van der Waals surface area contributed by atoms with Crippen LogP contribution in [0.4, 0.5) is 11.4 Å². The average molecular weight is 494 g/mol. The summed E-state index contributed by atoms with van der Waals surface area (Å²) in [6.07, 6.45) is -0.404. The Labute approximate surface area is 205 Å². The van der Waals surface area contributed by atoms with E-state index >= 15 is 0 Å². The number of carbonyl (C=O) groups is 2. The Morgan fingerprint density at radius 2 is 1.66 bits per heavy atom. The lowest BCUT2D eigenvalue weighted by atomic mass is 10.1. The largest absolute Gasteiger partial charge is 0.476 e. The minimum absolute atomic E-state index is 0.109. The van der Waals surface area contributed by atoms with Gasteiger partial charge in [-0.3, -0.25) is 13.9 Å². The zero-order valence-corrected chi connectivity index (χ0v) is 20.1. The molecule has 35 heavy (non-hydrogen) atoms. The monoisotopic (exact) mass is 493 g/mol. The van der Waals surface area contributed by atoms with Crippen molar-refractivity contribution < 1.29 is 22.7 Å². The molecule has 3 aromatic rings. The quantitative estimate of drug-likeness (QED) is 0.501. The van der Waals surface area contributed by atoms with Gasteiger partial charge in [-0.25, -0.2) is 8.42 Å². The molecular formula is C26H27N3O5S. The van der Waals surface area contributed by atoms with E-state index in [1.165, 1.54) is 4.31 Å². The molecule has 0 saturated carbocycles. The molecule has 2 N–H and O–H groups in total. The lowest BCUT2D eigenvalue weighted by Crippen LogP contribution is -2.49. The highest BCUT2D eigenvalue weighted by Crippen LogP contribution is 2.35. The predicted molar refractivity (Wildman–Crippen MR) is 135 cm³/mol. The summed E-state index contributed by atoms with van der Waals surface area (Å²) in [4.78, 5) is 25.9. The second-order valence-corrected chi connectivity index (χ2v) is 10.2. The summed E-state index contributed by atoms with van der Waals surface area (Å²) < 4.78 is 32.4. The fourth-order valence-electron chi connectivity index (χ4n) is 3.82. The van der Waals surface area contributed by atoms with E-state index in [0.29, 0.717) is 35.7 Å². The van der Waals surface area contributed by atoms with E-state index in [4.69, 9.17) is 4.74 Å². The molecule has 0 spiro atoms. The third-order valence-electron chi connectivity index (χ3n) is 5.70. The Balaban J connectivity index is 1.47. The van der Waals surface area contributed by atoms with Crippen LogP contribution in [-0.4, -0.2) is 45.2 Å². The summed E-state index contributed by atoms with van der Waals surface area (Å²) in [6, 6.07) is 23.2. The third kappa shape index (κ3) is 5.63. The van der Waals surface area contributed by atoms with E-state index in [2.05, 4.69) is 10.6 Å². The summed E-state index contributed by atoms with van der Waals surface area (Å²) in [5, 5.41) is 5.62. The Morgan fingerprint density at radius 3 is 2.43 bits per heavy atom. The lowest BCUT2D eigenvalue weighted by Gasteiger charge is -2.34. The number of amides is 2. The van der Waals surface area contributed by atoms with E-state index in [1.807, 2.05) is 30.3 Å². The van der Waals surface area contributed by atoms with Crippen molar-refractivity contribution in [3.05, 3.63) is 90.0 Å². The van der Waals surface area contributed by atoms with Crippen LogP contribution in [-0.2, 0) is 21.2 Å². The summed E-state index contributed by atoms with van der Waals surface area (Å²) in [5.74, 6) is -0.660. The first kappa shape index (κ1) is 24.3. The molecule has 4 rings (SSSR count). The molecule has 0 saturated heterocycles. The highest BCUT2D eigenvalue weighted by atomic mass is 32.2. The van der Waals surface area contributed by atoms with Crippen LogP contribution in [0.2, 0.25) is 0 Å². The molecule has 0 bridgehead atoms. The van der Waals surface area contributed by atoms with Crippen LogP contribution in [0.15, 0.2) is 78.9 Å². The predicted octanol–water partition coefficient (Wildman–Crippen LogP) is 3.21. The molecule has 0 aliphatic carbocycles. The minimum atomic E-state index is -3.62. The van der Waals surface area contributed by atoms with Crippen molar-refractivity contribution in [2.45, 2.75) is 19.4 Å². The van der Waals surface area contributed by atoms with Crippen molar-refractivity contribution >= 4 is 33.2 Å². The van der Waals surface area contributed by atoms with Crippen molar-refractivity contribution in [2.24, 2.45) is 0 Å². The summed E-state index contributed by atoms with van der Waals surface area (Å²) in [6.45, 7) is 1.83. The minimum Gasteiger partial charge on any atom is -0.476 e. The Bertz CT molecular complexity index is 1310. The molecule has 1 heterocycles. The Hall–Kier alpha value is -3.85. The van der Waals surface area contributed by atoms with E-state index < -0.39 is 22.0 Å². The normalized spacial score (nSPS) is 15.0. The molecule has 3 aromatic carbocycles. The summed E-state index contributed by atoms with van der Waals surface area (Å²) in [5.41, 5.74) is 2.14. The fraction of sp³-hybridized carbons (Fsp3) is 0.231. The van der Waals surface area contributed by atoms with Gasteiger partial charge >= 0.3 is 0 Å². The number of rotatable bonds is 8. The average Bonchev–Trinajstić information content (AvgIpc) is 2.88. The first-order chi connectivity index (χ1) is 16.9. The maximum Gasteiger partial charge on any atom is 0.267 e. The molecule has 0 aromatic heterocycles. The molecule has 0 unspecified atom stereocenters. The molecule has 182 valence electrons. The topological polar surface area (TPSA) is 105 Å². The van der Waals surface area contributed by atoms with Gasteiger partial charge in [0.15, 0.2) is 6.10 Å². The van der Waals surface area contributed by atoms with Crippen LogP contribution < -0.4 is 19.7 Å². The Kier molecular flexibility index (Phi) is 7.36. The molecule has 8 nitrogen and oxygen atoms in total. The van der Waals surface area contributed by atoms with Crippen LogP contribution in [0.1, 0.15) is 22.8 Å². The molecule has 1 aliphatic rings. The van der Waals surface area contributed by atoms with E-state index in [9.17, 15) is 18.0 Å². The molecule has 1 aliphatic heterocycles. The van der Waals surface area contributed by atoms with Gasteiger partial charge in [-0.1, -0.05) is 54.6 Å². The van der Waals surface area contributed by atoms with E-state index in [-0.39, 0.29) is 18.2 Å². The number of nitrogens with one attached hydrogen (secondary N) is 2. The first-order valence-corrected chi connectivity index (χ1v) is 13.0. The fourth-order valence-corrected chi connectivity index (χ4v) is 4.95. The SMILES string of the molecule is CCS(=O)(=O)N1C[C@@H](C(=O)Nc2ccccc2C(=O)NCCc2ccccc2)Oc2ccccc21. The number of para-hydroxylation sites is 3. The number of sulfonamides is 1. The van der Waals surface area contributed by atoms with Gasteiger partial charge in [-0.15, -0.1) is 0 Å². The van der Waals surface area contributed by atoms with Gasteiger partial charge in [0.25, 0.3) is 11.8 Å². The standard InChI is InChI=1S/C26H27N3O5S/c1-2-35(32,33)29-18-24(34-23-15-9-8-14-22(23)29)26(31)28-21-13-7-6-12-20(21)25(30)27-17-16-19-10-4-3-5-11-19/h3-15,24H,2,16-18H2,1H3,(H,27,30)(H,28,31)/t24-/m0/s1. The lowest BCUT2D eigenvalue weighted by molar-refractivity contribution is -0.122. The van der Waals surface area contributed by atoms with Crippen LogP contribution in [0.25, 0.3) is 0 Å². The second kappa shape index (κ2) is 10.6. The number of anilines is 2. The molecular weight excluding hydrogens is 466 g/mol. The smallest absolute Gasteiger partial charge is 0.267 e. The van der Waals surface area contributed by atoms with Gasteiger partial charge in [0.2, 0.25) is 10.0 Å². The number of hydrogen-bond acceptors (Lipinski definition) is 5. The zero-order chi connectivity index (χ0) is 24.8. The maximum atomic E-state index is 13.1. The van der Waals surface area contributed by atoms with E-state index in [0.717, 1.165) is 5.56 Å². The Morgan fingerprint density at radius 1 is 0.971 bits per heavy atom. The van der Waals surface area contributed by atoms with Crippen LogP contribution in [0.5, 0.6) is 5.75 Å². The van der Waals surface area contributed by atoms with E-state index in [1.54, 1.807) is 55.5 Å². The van der Waals surface area contributed by atoms with Crippen molar-refractivity contribution in [3.8, 4) is 5.75 Å². The molecule has 0 fully saturated rings. The van der Waals surface area contributed by atoms with Gasteiger partial charge in [0.1, 0.15) is 5.75 Å². The number of ether oxygens (including phenoxy) is 1. The number of hydrogen-bond donors (Lipinski definition) is 2. The maximum absolute atomic E-state index is 13.1. The second-order valence-electron chi connectivity index (χ2n) is 8.03. The van der Waals surface area contributed by atoms with Crippen LogP contribution in [0, 0.1) is 0 Å². The molecule has 2 amide bonds.